The molecule has 0 aromatic heterocycles. The molecule has 0 atom stereocenters. The normalized spacial score (nSPS) is 10.6. The zero-order chi connectivity index (χ0) is 19.8. The molecule has 0 bridgehead atoms. The molecule has 144 valence electrons. The third-order valence-corrected chi connectivity index (χ3v) is 3.95. The smallest absolute Gasteiger partial charge is 0.259 e. The molecule has 2 aromatic rings. The maximum Gasteiger partial charge on any atom is 0.259 e. The van der Waals surface area contributed by atoms with Crippen LogP contribution in [0.2, 0.25) is 5.02 Å². The molecule has 0 aliphatic carbocycles. The van der Waals surface area contributed by atoms with Crippen molar-refractivity contribution in [2.45, 2.75) is 6.92 Å². The van der Waals surface area contributed by atoms with Crippen molar-refractivity contribution in [1.29, 1.82) is 0 Å². The summed E-state index contributed by atoms with van der Waals surface area (Å²) in [5, 5.41) is 7.65. The second-order valence-corrected chi connectivity index (χ2v) is 6.00. The highest BCUT2D eigenvalue weighted by molar-refractivity contribution is 6.30. The molecule has 1 amide bonds. The molecule has 2 aromatic carbocycles. The average molecular weight is 392 g/mol. The summed E-state index contributed by atoms with van der Waals surface area (Å²) in [7, 11) is 4.60. The van der Waals surface area contributed by atoms with Crippen LogP contribution in [-0.4, -0.2) is 40.0 Å². The molecule has 8 heteroatoms. The van der Waals surface area contributed by atoms with Gasteiger partial charge < -0.3 is 19.5 Å². The van der Waals surface area contributed by atoms with Gasteiger partial charge in [-0.05, 0) is 42.8 Å². The summed E-state index contributed by atoms with van der Waals surface area (Å²) >= 11 is 5.92. The highest BCUT2D eigenvalue weighted by atomic mass is 35.5. The summed E-state index contributed by atoms with van der Waals surface area (Å²) < 4.78 is 15.8. The molecule has 0 unspecified atom stereocenters. The molecule has 2 N–H and O–H groups in total. The first-order valence-electron chi connectivity index (χ1n) is 8.10. The zero-order valence-corrected chi connectivity index (χ0v) is 16.4. The van der Waals surface area contributed by atoms with Gasteiger partial charge in [0.1, 0.15) is 0 Å². The molecular formula is C19H22ClN3O4. The van der Waals surface area contributed by atoms with Crippen molar-refractivity contribution in [2.24, 2.45) is 5.10 Å². The number of carbonyl (C=O) groups excluding carboxylic acids is 1. The van der Waals surface area contributed by atoms with Crippen molar-refractivity contribution in [3.05, 3.63) is 46.5 Å². The van der Waals surface area contributed by atoms with E-state index in [9.17, 15) is 4.79 Å². The van der Waals surface area contributed by atoms with Crippen LogP contribution in [0, 0.1) is 6.92 Å². The predicted octanol–water partition coefficient (Wildman–Crippen LogP) is 3.24. The van der Waals surface area contributed by atoms with Crippen molar-refractivity contribution >= 4 is 29.4 Å². The number of halogens is 1. The molecule has 7 nitrogen and oxygen atoms in total. The van der Waals surface area contributed by atoms with Gasteiger partial charge in [-0.3, -0.25) is 4.79 Å². The Bertz CT molecular complexity index is 815. The first-order chi connectivity index (χ1) is 13.0. The van der Waals surface area contributed by atoms with Crippen LogP contribution < -0.4 is 25.0 Å². The fraction of sp³-hybridized carbons (Fsp3) is 0.263. The van der Waals surface area contributed by atoms with E-state index in [-0.39, 0.29) is 12.5 Å². The van der Waals surface area contributed by atoms with Crippen LogP contribution in [0.5, 0.6) is 17.2 Å². The van der Waals surface area contributed by atoms with Crippen LogP contribution in [0.4, 0.5) is 5.69 Å². The Kier molecular flexibility index (Phi) is 7.31. The minimum absolute atomic E-state index is 0.0784. The highest BCUT2D eigenvalue weighted by Crippen LogP contribution is 2.37. The zero-order valence-electron chi connectivity index (χ0n) is 15.6. The Morgan fingerprint density at radius 2 is 1.78 bits per heavy atom. The van der Waals surface area contributed by atoms with Gasteiger partial charge in [-0.15, -0.1) is 0 Å². The number of amides is 1. The molecule has 0 heterocycles. The van der Waals surface area contributed by atoms with Gasteiger partial charge in [-0.2, -0.15) is 5.10 Å². The summed E-state index contributed by atoms with van der Waals surface area (Å²) in [5.41, 5.74) is 4.94. The number of carbonyl (C=O) groups is 1. The Morgan fingerprint density at radius 3 is 2.33 bits per heavy atom. The maximum atomic E-state index is 11.9. The first-order valence-corrected chi connectivity index (χ1v) is 8.48. The van der Waals surface area contributed by atoms with Crippen LogP contribution in [0.3, 0.4) is 0 Å². The standard InChI is InChI=1S/C19H22ClN3O4/c1-12-7-14(20)5-6-15(12)21-11-18(24)23-22-10-13-8-16(25-2)19(27-4)17(9-13)26-3/h5-10,21H,11H2,1-4H3,(H,23,24). The number of benzene rings is 2. The number of nitrogens with one attached hydrogen (secondary N) is 2. The van der Waals surface area contributed by atoms with Crippen molar-refractivity contribution in [2.75, 3.05) is 33.2 Å². The van der Waals surface area contributed by atoms with E-state index in [1.165, 1.54) is 27.5 Å². The number of methoxy groups -OCH3 is 3. The predicted molar refractivity (Wildman–Crippen MR) is 107 cm³/mol. The second kappa shape index (κ2) is 9.68. The van der Waals surface area contributed by atoms with Crippen molar-refractivity contribution in [1.82, 2.24) is 5.43 Å². The van der Waals surface area contributed by atoms with E-state index >= 15 is 0 Å². The number of anilines is 1. The second-order valence-electron chi connectivity index (χ2n) is 5.56. The quantitative estimate of drug-likeness (QED) is 0.533. The van der Waals surface area contributed by atoms with Crippen LogP contribution in [0.15, 0.2) is 35.4 Å². The molecule has 0 fully saturated rings. The van der Waals surface area contributed by atoms with Gasteiger partial charge in [-0.1, -0.05) is 11.6 Å². The van der Waals surface area contributed by atoms with Crippen LogP contribution in [0.25, 0.3) is 0 Å². The van der Waals surface area contributed by atoms with E-state index in [0.29, 0.717) is 27.8 Å². The molecule has 27 heavy (non-hydrogen) atoms. The minimum atomic E-state index is -0.284. The molecule has 0 spiro atoms. The van der Waals surface area contributed by atoms with E-state index in [1.54, 1.807) is 18.2 Å². The Balaban J connectivity index is 1.97. The molecule has 0 aliphatic heterocycles. The molecule has 0 aliphatic rings. The van der Waals surface area contributed by atoms with Gasteiger partial charge in [0, 0.05) is 16.3 Å². The van der Waals surface area contributed by atoms with Crippen LogP contribution in [-0.2, 0) is 4.79 Å². The van der Waals surface area contributed by atoms with E-state index in [1.807, 2.05) is 19.1 Å². The molecule has 0 saturated carbocycles. The Hall–Kier alpha value is -2.93. The summed E-state index contributed by atoms with van der Waals surface area (Å²) in [4.78, 5) is 11.9. The van der Waals surface area contributed by atoms with Gasteiger partial charge in [0.2, 0.25) is 5.75 Å². The van der Waals surface area contributed by atoms with Gasteiger partial charge in [0.25, 0.3) is 5.91 Å². The van der Waals surface area contributed by atoms with Gasteiger partial charge in [0.05, 0.1) is 34.1 Å². The summed E-state index contributed by atoms with van der Waals surface area (Å²) in [6.45, 7) is 1.99. The first kappa shape index (κ1) is 20.4. The lowest BCUT2D eigenvalue weighted by atomic mass is 10.2. The minimum Gasteiger partial charge on any atom is -0.493 e. The van der Waals surface area contributed by atoms with E-state index in [2.05, 4.69) is 15.8 Å². The number of nitrogens with zero attached hydrogens (tertiary/aromatic N) is 1. The SMILES string of the molecule is COc1cc(C=NNC(=O)CNc2ccc(Cl)cc2C)cc(OC)c1OC. The maximum absolute atomic E-state index is 11.9. The number of rotatable bonds is 8. The highest BCUT2D eigenvalue weighted by Gasteiger charge is 2.12. The van der Waals surface area contributed by atoms with Crippen molar-refractivity contribution in [3.63, 3.8) is 0 Å². The average Bonchev–Trinajstić information content (AvgIpc) is 2.66. The van der Waals surface area contributed by atoms with E-state index in [0.717, 1.165) is 11.3 Å². The summed E-state index contributed by atoms with van der Waals surface area (Å²) in [5.74, 6) is 1.21. The van der Waals surface area contributed by atoms with Crippen LogP contribution >= 0.6 is 11.6 Å². The molecular weight excluding hydrogens is 370 g/mol. The number of hydrogen-bond donors (Lipinski definition) is 2. The summed E-state index contributed by atoms with van der Waals surface area (Å²) in [6, 6.07) is 8.87. The fourth-order valence-corrected chi connectivity index (χ4v) is 2.62. The number of hydrazone groups is 1. The third-order valence-electron chi connectivity index (χ3n) is 3.72. The molecule has 2 rings (SSSR count). The van der Waals surface area contributed by atoms with Gasteiger partial charge in [-0.25, -0.2) is 5.43 Å². The van der Waals surface area contributed by atoms with E-state index in [4.69, 9.17) is 25.8 Å². The summed E-state index contributed by atoms with van der Waals surface area (Å²) in [6.07, 6.45) is 1.50. The monoisotopic (exact) mass is 391 g/mol. The van der Waals surface area contributed by atoms with Crippen molar-refractivity contribution in [3.8, 4) is 17.2 Å². The lowest BCUT2D eigenvalue weighted by molar-refractivity contribution is -0.119. The fourth-order valence-electron chi connectivity index (χ4n) is 2.40. The lowest BCUT2D eigenvalue weighted by Crippen LogP contribution is -2.26. The van der Waals surface area contributed by atoms with Gasteiger partial charge in [0.15, 0.2) is 11.5 Å². The number of ether oxygens (including phenoxy) is 3. The Morgan fingerprint density at radius 1 is 1.11 bits per heavy atom. The lowest BCUT2D eigenvalue weighted by Gasteiger charge is -2.12. The number of aryl methyl sites for hydroxylation is 1. The number of hydrogen-bond acceptors (Lipinski definition) is 6. The largest absolute Gasteiger partial charge is 0.493 e. The third kappa shape index (κ3) is 5.52. The van der Waals surface area contributed by atoms with E-state index < -0.39 is 0 Å². The molecule has 0 saturated heterocycles. The topological polar surface area (TPSA) is 81.2 Å². The van der Waals surface area contributed by atoms with Crippen LogP contribution in [0.1, 0.15) is 11.1 Å². The molecule has 0 radical (unpaired) electrons. The Labute approximate surface area is 163 Å². The van der Waals surface area contributed by atoms with Gasteiger partial charge >= 0.3 is 0 Å². The van der Waals surface area contributed by atoms with Crippen molar-refractivity contribution < 1.29 is 19.0 Å².